The number of hydrogen-bond acceptors (Lipinski definition) is 3. The van der Waals surface area contributed by atoms with Crippen molar-refractivity contribution in [3.05, 3.63) is 29.8 Å². The summed E-state index contributed by atoms with van der Waals surface area (Å²) >= 11 is 0. The smallest absolute Gasteiger partial charge is 0.0516 e. The van der Waals surface area contributed by atoms with Crippen LogP contribution in [0.3, 0.4) is 0 Å². The van der Waals surface area contributed by atoms with Gasteiger partial charge in [0.15, 0.2) is 0 Å². The van der Waals surface area contributed by atoms with Gasteiger partial charge in [-0.2, -0.15) is 0 Å². The maximum absolute atomic E-state index is 11.2. The second kappa shape index (κ2) is 11.6. The molecule has 97 valence electrons. The van der Waals surface area contributed by atoms with Crippen LogP contribution in [0.2, 0.25) is 0 Å². The van der Waals surface area contributed by atoms with E-state index in [1.54, 1.807) is 24.4 Å². The van der Waals surface area contributed by atoms with Crippen LogP contribution < -0.4 is 5.11 Å². The first-order valence-electron chi connectivity index (χ1n) is 4.61. The predicted molar refractivity (Wildman–Crippen MR) is 58.3 cm³/mol. The summed E-state index contributed by atoms with van der Waals surface area (Å²) in [5.74, 6) is 0.0288. The molecular weight excluding hydrogens is 259 g/mol. The van der Waals surface area contributed by atoms with Crippen LogP contribution in [-0.2, 0) is 29.5 Å². The van der Waals surface area contributed by atoms with Gasteiger partial charge in [0.2, 0.25) is 0 Å². The van der Waals surface area contributed by atoms with Crippen LogP contribution in [0.5, 0.6) is 5.75 Å². The van der Waals surface area contributed by atoms with E-state index < -0.39 is 0 Å². The summed E-state index contributed by atoms with van der Waals surface area (Å²) < 4.78 is 0. The van der Waals surface area contributed by atoms with E-state index in [2.05, 4.69) is 9.89 Å². The minimum atomic E-state index is 0. The average Bonchev–Trinajstić information content (AvgIpc) is 2.15. The van der Waals surface area contributed by atoms with Crippen molar-refractivity contribution in [1.29, 1.82) is 0 Å². The minimum Gasteiger partial charge on any atom is -2.00 e. The Hall–Kier alpha value is -0.846. The van der Waals surface area contributed by atoms with Gasteiger partial charge in [-0.05, 0) is 19.7 Å². The fraction of sp³-hybridized carbons (Fsp3) is 0.364. The standard InChI is InChI=1S/C11H16N2O.2O.V/c1-13(2)8-7-12-9-10-5-3-4-6-11(10)14;;;/h3-6,9,14H,7-8H2,1-2H3;;;/q;2*-2;/p-1. The van der Waals surface area contributed by atoms with Gasteiger partial charge in [-0.1, -0.05) is 24.3 Å². The van der Waals surface area contributed by atoms with Crippen molar-refractivity contribution in [2.45, 2.75) is 0 Å². The molecule has 0 fully saturated rings. The monoisotopic (exact) mass is 274 g/mol. The Morgan fingerprint density at radius 3 is 2.35 bits per heavy atom. The molecule has 6 heteroatoms. The Bertz CT molecular complexity index is 319. The molecule has 1 radical (unpaired) electrons. The second-order valence-corrected chi connectivity index (χ2v) is 3.38. The van der Waals surface area contributed by atoms with Crippen LogP contribution in [0, 0.1) is 0 Å². The van der Waals surface area contributed by atoms with Crippen molar-refractivity contribution in [2.24, 2.45) is 4.99 Å². The maximum atomic E-state index is 11.2. The molecule has 1 aromatic rings. The van der Waals surface area contributed by atoms with Crippen molar-refractivity contribution in [1.82, 2.24) is 4.90 Å². The Kier molecular flexibility index (Phi) is 14.7. The first-order valence-corrected chi connectivity index (χ1v) is 4.61. The number of para-hydroxylation sites is 1. The van der Waals surface area contributed by atoms with Crippen molar-refractivity contribution in [2.75, 3.05) is 27.2 Å². The fourth-order valence-electron chi connectivity index (χ4n) is 1.01. The van der Waals surface area contributed by atoms with E-state index >= 15 is 0 Å². The molecular formula is C11H15N2O3V-5. The van der Waals surface area contributed by atoms with E-state index in [1.165, 1.54) is 0 Å². The summed E-state index contributed by atoms with van der Waals surface area (Å²) in [7, 11) is 3.99. The summed E-state index contributed by atoms with van der Waals surface area (Å²) in [6.07, 6.45) is 1.64. The largest absolute Gasteiger partial charge is 2.00 e. The molecule has 0 heterocycles. The Morgan fingerprint density at radius 1 is 1.24 bits per heavy atom. The number of nitrogens with zero attached hydrogens (tertiary/aromatic N) is 2. The molecule has 0 aliphatic heterocycles. The van der Waals surface area contributed by atoms with E-state index in [9.17, 15) is 5.11 Å². The van der Waals surface area contributed by atoms with Gasteiger partial charge < -0.3 is 21.0 Å². The second-order valence-electron chi connectivity index (χ2n) is 3.38. The van der Waals surface area contributed by atoms with Gasteiger partial charge in [-0.3, -0.25) is 4.99 Å². The third kappa shape index (κ3) is 8.91. The quantitative estimate of drug-likeness (QED) is 0.747. The average molecular weight is 274 g/mol. The summed E-state index contributed by atoms with van der Waals surface area (Å²) in [5.41, 5.74) is 0.659. The zero-order valence-electron chi connectivity index (χ0n) is 9.87. The van der Waals surface area contributed by atoms with Gasteiger partial charge in [-0.25, -0.2) is 0 Å². The molecule has 0 spiro atoms. The van der Waals surface area contributed by atoms with E-state index in [1.807, 2.05) is 20.2 Å². The third-order valence-corrected chi connectivity index (χ3v) is 1.83. The summed E-state index contributed by atoms with van der Waals surface area (Å²) in [6.45, 7) is 1.62. The topological polar surface area (TPSA) is 95.7 Å². The van der Waals surface area contributed by atoms with Crippen LogP contribution in [0.4, 0.5) is 0 Å². The molecule has 17 heavy (non-hydrogen) atoms. The maximum Gasteiger partial charge on any atom is 0.0516 e. The molecule has 0 atom stereocenters. The van der Waals surface area contributed by atoms with E-state index in [0.29, 0.717) is 5.56 Å². The molecule has 0 N–H and O–H groups in total. The number of likely N-dealkylation sites (N-methyl/N-ethyl adjacent to an activating group) is 1. The minimum absolute atomic E-state index is 0. The molecule has 0 bridgehead atoms. The van der Waals surface area contributed by atoms with Gasteiger partial charge >= 0.3 is 0 Å². The molecule has 0 aliphatic rings. The van der Waals surface area contributed by atoms with Crippen molar-refractivity contribution in [3.63, 3.8) is 0 Å². The van der Waals surface area contributed by atoms with Crippen LogP contribution in [0.1, 0.15) is 5.56 Å². The molecule has 0 saturated carbocycles. The van der Waals surface area contributed by atoms with Crippen molar-refractivity contribution in [3.8, 4) is 5.75 Å². The Labute approximate surface area is 114 Å². The van der Waals surface area contributed by atoms with Crippen LogP contribution >= 0.6 is 0 Å². The van der Waals surface area contributed by atoms with Crippen LogP contribution in [-0.4, -0.2) is 38.3 Å². The zero-order valence-corrected chi connectivity index (χ0v) is 11.3. The van der Waals surface area contributed by atoms with Crippen molar-refractivity contribution < 1.29 is 34.6 Å². The molecule has 1 rings (SSSR count). The molecule has 0 saturated heterocycles. The molecule has 5 nitrogen and oxygen atoms in total. The molecule has 0 unspecified atom stereocenters. The van der Waals surface area contributed by atoms with Gasteiger partial charge in [0.05, 0.1) is 6.54 Å². The summed E-state index contributed by atoms with van der Waals surface area (Å²) in [6, 6.07) is 6.91. The number of benzene rings is 1. The fourth-order valence-corrected chi connectivity index (χ4v) is 1.01. The van der Waals surface area contributed by atoms with Gasteiger partial charge in [0.1, 0.15) is 0 Å². The first-order chi connectivity index (χ1) is 6.70. The predicted octanol–water partition coefficient (Wildman–Crippen LogP) is 0.501. The van der Waals surface area contributed by atoms with E-state index in [-0.39, 0.29) is 35.3 Å². The molecule has 0 aromatic heterocycles. The van der Waals surface area contributed by atoms with E-state index in [4.69, 9.17) is 0 Å². The van der Waals surface area contributed by atoms with Crippen LogP contribution in [0.25, 0.3) is 0 Å². The molecule has 1 aromatic carbocycles. The zero-order chi connectivity index (χ0) is 10.4. The number of aliphatic imine (C=N–C) groups is 1. The SMILES string of the molecule is CN(C)CCN=Cc1ccccc1[O-].[O-2].[O-2].[V]. The molecule has 0 amide bonds. The van der Waals surface area contributed by atoms with Crippen LogP contribution in [0.15, 0.2) is 29.3 Å². The summed E-state index contributed by atoms with van der Waals surface area (Å²) in [4.78, 5) is 6.23. The normalized spacial score (nSPS) is 9.35. The Balaban J connectivity index is -0.000000653. The first kappa shape index (κ1) is 21.4. The molecule has 0 aliphatic carbocycles. The third-order valence-electron chi connectivity index (χ3n) is 1.83. The van der Waals surface area contributed by atoms with E-state index in [0.717, 1.165) is 13.1 Å². The van der Waals surface area contributed by atoms with Crippen molar-refractivity contribution >= 4 is 6.21 Å². The number of rotatable bonds is 4. The van der Waals surface area contributed by atoms with Gasteiger partial charge in [0.25, 0.3) is 0 Å². The number of hydrogen-bond donors (Lipinski definition) is 0. The Morgan fingerprint density at radius 2 is 1.82 bits per heavy atom. The van der Waals surface area contributed by atoms with Gasteiger partial charge in [-0.15, -0.1) is 5.75 Å². The van der Waals surface area contributed by atoms with Gasteiger partial charge in [0, 0.05) is 31.3 Å². The summed E-state index contributed by atoms with van der Waals surface area (Å²) in [5, 5.41) is 11.2.